The smallest absolute Gasteiger partial charge is 0.162 e. The van der Waals surface area contributed by atoms with E-state index in [1.54, 1.807) is 12.1 Å². The second-order valence-electron chi connectivity index (χ2n) is 7.54. The average Bonchev–Trinajstić information content (AvgIpc) is 3.38. The molecule has 0 saturated heterocycles. The Morgan fingerprint density at radius 2 is 1.73 bits per heavy atom. The zero-order valence-electron chi connectivity index (χ0n) is 17.7. The normalized spacial score (nSPS) is 11.9. The van der Waals surface area contributed by atoms with Gasteiger partial charge in [0.1, 0.15) is 24.2 Å². The SMILES string of the molecule is C=C(c1ccc(OCc2ccc3ccccc3n2)cc1)C(c1ccc(F)cc1)n1ncnn1. The summed E-state index contributed by atoms with van der Waals surface area (Å²) in [5.74, 6) is 0.413. The van der Waals surface area contributed by atoms with Crippen LogP contribution in [0.5, 0.6) is 5.75 Å². The average molecular weight is 437 g/mol. The molecule has 1 atom stereocenters. The number of para-hydroxylation sites is 1. The molecule has 0 radical (unpaired) electrons. The molecule has 0 aliphatic rings. The fourth-order valence-corrected chi connectivity index (χ4v) is 3.68. The van der Waals surface area contributed by atoms with Crippen molar-refractivity contribution in [1.29, 1.82) is 0 Å². The standard InChI is InChI=1S/C26H20FN5O/c1-18(26(32-29-17-28-31-32)21-6-11-22(27)12-7-21)19-9-14-24(15-10-19)33-16-23-13-8-20-4-2-3-5-25(20)30-23/h2-15,17,26H,1,16H2. The number of fused-ring (bicyclic) bond motifs is 1. The number of halogens is 1. The molecule has 0 spiro atoms. The first kappa shape index (κ1) is 20.5. The third kappa shape index (κ3) is 4.48. The maximum atomic E-state index is 13.4. The highest BCUT2D eigenvalue weighted by molar-refractivity contribution is 5.78. The van der Waals surface area contributed by atoms with Crippen LogP contribution in [0.25, 0.3) is 16.5 Å². The molecule has 0 aliphatic heterocycles. The van der Waals surface area contributed by atoms with Gasteiger partial charge >= 0.3 is 0 Å². The van der Waals surface area contributed by atoms with Crippen molar-refractivity contribution in [2.75, 3.05) is 0 Å². The number of hydrogen-bond donors (Lipinski definition) is 0. The molecule has 33 heavy (non-hydrogen) atoms. The number of nitrogens with zero attached hydrogens (tertiary/aromatic N) is 5. The lowest BCUT2D eigenvalue weighted by atomic mass is 9.94. The molecule has 0 amide bonds. The Hall–Kier alpha value is -4.39. The molecule has 6 nitrogen and oxygen atoms in total. The molecule has 162 valence electrons. The maximum Gasteiger partial charge on any atom is 0.162 e. The monoisotopic (exact) mass is 437 g/mol. The molecular weight excluding hydrogens is 417 g/mol. The van der Waals surface area contributed by atoms with Gasteiger partial charge in [-0.25, -0.2) is 9.37 Å². The minimum Gasteiger partial charge on any atom is -0.487 e. The van der Waals surface area contributed by atoms with Crippen LogP contribution in [0.3, 0.4) is 0 Å². The summed E-state index contributed by atoms with van der Waals surface area (Å²) in [6.45, 7) is 4.63. The highest BCUT2D eigenvalue weighted by Gasteiger charge is 2.21. The second-order valence-corrected chi connectivity index (χ2v) is 7.54. The van der Waals surface area contributed by atoms with Gasteiger partial charge in [-0.1, -0.05) is 55.1 Å². The lowest BCUT2D eigenvalue weighted by Gasteiger charge is -2.19. The summed E-state index contributed by atoms with van der Waals surface area (Å²) in [6.07, 6.45) is 1.36. The zero-order chi connectivity index (χ0) is 22.6. The van der Waals surface area contributed by atoms with Crippen LogP contribution in [0, 0.1) is 5.82 Å². The third-order valence-corrected chi connectivity index (χ3v) is 5.38. The molecule has 0 saturated carbocycles. The van der Waals surface area contributed by atoms with Crippen molar-refractivity contribution < 1.29 is 9.13 Å². The van der Waals surface area contributed by atoms with Gasteiger partial charge in [0.05, 0.1) is 11.2 Å². The van der Waals surface area contributed by atoms with E-state index in [9.17, 15) is 4.39 Å². The van der Waals surface area contributed by atoms with E-state index >= 15 is 0 Å². The molecule has 1 unspecified atom stereocenters. The van der Waals surface area contributed by atoms with E-state index < -0.39 is 6.04 Å². The van der Waals surface area contributed by atoms with Gasteiger partial charge in [0.25, 0.3) is 0 Å². The van der Waals surface area contributed by atoms with Crippen molar-refractivity contribution >= 4 is 16.5 Å². The zero-order valence-corrected chi connectivity index (χ0v) is 17.7. The van der Waals surface area contributed by atoms with Gasteiger partial charge in [-0.15, -0.1) is 10.2 Å². The Bertz CT molecular complexity index is 1380. The van der Waals surface area contributed by atoms with E-state index in [2.05, 4.69) is 27.0 Å². The third-order valence-electron chi connectivity index (χ3n) is 5.38. The number of ether oxygens (including phenoxy) is 1. The molecule has 7 heteroatoms. The summed E-state index contributed by atoms with van der Waals surface area (Å²) in [7, 11) is 0. The van der Waals surface area contributed by atoms with Gasteiger partial charge in [0.15, 0.2) is 6.33 Å². The summed E-state index contributed by atoms with van der Waals surface area (Å²) in [4.78, 5) is 6.10. The number of pyridine rings is 1. The van der Waals surface area contributed by atoms with E-state index in [1.807, 2.05) is 60.7 Å². The van der Waals surface area contributed by atoms with Crippen molar-refractivity contribution in [3.05, 3.63) is 120 Å². The summed E-state index contributed by atoms with van der Waals surface area (Å²) in [6, 6.07) is 25.4. The van der Waals surface area contributed by atoms with Crippen molar-refractivity contribution in [2.45, 2.75) is 12.6 Å². The molecule has 2 aromatic heterocycles. The second kappa shape index (κ2) is 9.00. The van der Waals surface area contributed by atoms with Crippen LogP contribution >= 0.6 is 0 Å². The predicted molar refractivity (Wildman–Crippen MR) is 124 cm³/mol. The minimum atomic E-state index is -0.415. The van der Waals surface area contributed by atoms with E-state index in [1.165, 1.54) is 23.3 Å². The fraction of sp³-hybridized carbons (Fsp3) is 0.0769. The van der Waals surface area contributed by atoms with Crippen LogP contribution in [0.1, 0.15) is 22.9 Å². The molecule has 5 rings (SSSR count). The Morgan fingerprint density at radius 3 is 2.48 bits per heavy atom. The number of hydrogen-bond acceptors (Lipinski definition) is 5. The number of allylic oxidation sites excluding steroid dienone is 1. The molecule has 5 aromatic rings. The van der Waals surface area contributed by atoms with Crippen molar-refractivity contribution in [2.24, 2.45) is 0 Å². The molecular formula is C26H20FN5O. The number of rotatable bonds is 7. The van der Waals surface area contributed by atoms with Crippen molar-refractivity contribution in [3.8, 4) is 5.75 Å². The number of benzene rings is 3. The van der Waals surface area contributed by atoms with E-state index in [0.29, 0.717) is 6.61 Å². The van der Waals surface area contributed by atoms with Gasteiger partial charge in [0, 0.05) is 5.39 Å². The highest BCUT2D eigenvalue weighted by atomic mass is 19.1. The van der Waals surface area contributed by atoms with E-state index in [4.69, 9.17) is 4.74 Å². The molecule has 2 heterocycles. The van der Waals surface area contributed by atoms with Gasteiger partial charge in [-0.3, -0.25) is 0 Å². The van der Waals surface area contributed by atoms with Crippen LogP contribution in [0.15, 0.2) is 97.8 Å². The lowest BCUT2D eigenvalue weighted by molar-refractivity contribution is 0.302. The van der Waals surface area contributed by atoms with Gasteiger partial charge in [-0.05, 0) is 58.3 Å². The minimum absolute atomic E-state index is 0.308. The van der Waals surface area contributed by atoms with Gasteiger partial charge in [0.2, 0.25) is 0 Å². The summed E-state index contributed by atoms with van der Waals surface area (Å²) < 4.78 is 19.4. The van der Waals surface area contributed by atoms with Crippen molar-refractivity contribution in [3.63, 3.8) is 0 Å². The Kier molecular flexibility index (Phi) is 5.59. The van der Waals surface area contributed by atoms with Crippen LogP contribution < -0.4 is 4.74 Å². The largest absolute Gasteiger partial charge is 0.487 e. The molecule has 3 aromatic carbocycles. The lowest BCUT2D eigenvalue weighted by Crippen LogP contribution is -2.15. The first-order valence-electron chi connectivity index (χ1n) is 10.4. The van der Waals surface area contributed by atoms with E-state index in [0.717, 1.165) is 39.0 Å². The predicted octanol–water partition coefficient (Wildman–Crippen LogP) is 5.24. The summed E-state index contributed by atoms with van der Waals surface area (Å²) >= 11 is 0. The Labute approximate surface area is 190 Å². The Morgan fingerprint density at radius 1 is 0.939 bits per heavy atom. The molecule has 0 N–H and O–H groups in total. The molecule has 0 bridgehead atoms. The van der Waals surface area contributed by atoms with Crippen LogP contribution in [-0.2, 0) is 6.61 Å². The quantitative estimate of drug-likeness (QED) is 0.348. The number of tetrazole rings is 1. The van der Waals surface area contributed by atoms with Crippen LogP contribution in [-0.4, -0.2) is 25.2 Å². The van der Waals surface area contributed by atoms with Crippen LogP contribution in [0.4, 0.5) is 4.39 Å². The van der Waals surface area contributed by atoms with Crippen LogP contribution in [0.2, 0.25) is 0 Å². The Balaban J connectivity index is 1.33. The first-order valence-corrected chi connectivity index (χ1v) is 10.4. The number of aromatic nitrogens is 5. The van der Waals surface area contributed by atoms with Gasteiger partial charge in [-0.2, -0.15) is 4.80 Å². The van der Waals surface area contributed by atoms with Crippen molar-refractivity contribution in [1.82, 2.24) is 25.2 Å². The highest BCUT2D eigenvalue weighted by Crippen LogP contribution is 2.32. The first-order chi connectivity index (χ1) is 16.2. The topological polar surface area (TPSA) is 65.7 Å². The van der Waals surface area contributed by atoms with E-state index in [-0.39, 0.29) is 5.82 Å². The molecule has 0 aliphatic carbocycles. The van der Waals surface area contributed by atoms with Gasteiger partial charge < -0.3 is 4.74 Å². The fourth-order valence-electron chi connectivity index (χ4n) is 3.68. The molecule has 0 fully saturated rings. The summed E-state index contributed by atoms with van der Waals surface area (Å²) in [5, 5.41) is 13.1. The summed E-state index contributed by atoms with van der Waals surface area (Å²) in [5.41, 5.74) is 4.25. The maximum absolute atomic E-state index is 13.4.